The second kappa shape index (κ2) is 8.48. The molecule has 1 heterocycles. The van der Waals surface area contributed by atoms with Gasteiger partial charge >= 0.3 is 7.25 Å². The number of fused-ring (bicyclic) bond motifs is 3. The molecule has 0 bridgehead atoms. The van der Waals surface area contributed by atoms with Gasteiger partial charge in [0.25, 0.3) is 0 Å². The molecule has 0 fully saturated rings. The second-order valence-electron chi connectivity index (χ2n) is 6.93. The summed E-state index contributed by atoms with van der Waals surface area (Å²) in [5.74, 6) is 0. The van der Waals surface area contributed by atoms with Crippen molar-refractivity contribution in [2.45, 2.75) is 50.2 Å². The zero-order valence-electron chi connectivity index (χ0n) is 15.6. The first-order valence-corrected chi connectivity index (χ1v) is 11.5. The summed E-state index contributed by atoms with van der Waals surface area (Å²) in [5, 5.41) is 0. The maximum Gasteiger partial charge on any atom is 0.673 e. The molecule has 0 radical (unpaired) electrons. The first kappa shape index (κ1) is 20.4. The highest BCUT2D eigenvalue weighted by atomic mass is 32.2. The van der Waals surface area contributed by atoms with Crippen molar-refractivity contribution >= 4 is 29.9 Å². The van der Waals surface area contributed by atoms with E-state index in [-0.39, 0.29) is 10.9 Å². The molecule has 0 nitrogen and oxygen atoms in total. The maximum absolute atomic E-state index is 9.75. The molecule has 0 spiro atoms. The summed E-state index contributed by atoms with van der Waals surface area (Å²) >= 11 is 1.92. The van der Waals surface area contributed by atoms with Crippen LogP contribution in [-0.2, 0) is 23.7 Å². The number of halogens is 4. The van der Waals surface area contributed by atoms with E-state index in [1.807, 2.05) is 11.8 Å². The first-order valence-electron chi connectivity index (χ1n) is 9.49. The summed E-state index contributed by atoms with van der Waals surface area (Å²) in [7, 11) is -5.98. The molecule has 1 aliphatic heterocycles. The highest BCUT2D eigenvalue weighted by Crippen LogP contribution is 2.48. The fraction of sp³-hybridized carbons (Fsp3) is 0.182. The Morgan fingerprint density at radius 2 is 1.21 bits per heavy atom. The van der Waals surface area contributed by atoms with Crippen LogP contribution in [0, 0.1) is 0 Å². The molecule has 0 amide bonds. The normalized spacial score (nSPS) is 15.4. The van der Waals surface area contributed by atoms with Gasteiger partial charge < -0.3 is 17.3 Å². The summed E-state index contributed by atoms with van der Waals surface area (Å²) in [6.45, 7) is 0. The molecule has 0 N–H and O–H groups in total. The molecule has 7 heteroatoms. The molecule has 0 aromatic heterocycles. The number of benzene rings is 3. The van der Waals surface area contributed by atoms with Crippen LogP contribution in [0.4, 0.5) is 17.3 Å². The van der Waals surface area contributed by atoms with Gasteiger partial charge in [-0.1, -0.05) is 42.1 Å². The van der Waals surface area contributed by atoms with E-state index in [1.54, 1.807) is 11.1 Å². The minimum absolute atomic E-state index is 0.0232. The fourth-order valence-electron chi connectivity index (χ4n) is 3.73. The third-order valence-corrected chi connectivity index (χ3v) is 8.64. The molecule has 5 rings (SSSR count). The molecule has 0 saturated carbocycles. The number of hydrogen-bond acceptors (Lipinski definition) is 1. The van der Waals surface area contributed by atoms with Crippen molar-refractivity contribution in [2.24, 2.45) is 0 Å². The molecule has 2 aliphatic rings. The van der Waals surface area contributed by atoms with Crippen molar-refractivity contribution in [2.75, 3.05) is 0 Å². The lowest BCUT2D eigenvalue weighted by molar-refractivity contribution is 0.368. The van der Waals surface area contributed by atoms with Crippen LogP contribution in [0.3, 0.4) is 0 Å². The monoisotopic (exact) mass is 434 g/mol. The molecule has 3 aromatic carbocycles. The minimum Gasteiger partial charge on any atom is -0.418 e. The number of hydrogen-bond donors (Lipinski definition) is 0. The van der Waals surface area contributed by atoms with E-state index in [2.05, 4.69) is 66.7 Å². The van der Waals surface area contributed by atoms with Crippen molar-refractivity contribution in [3.05, 3.63) is 77.9 Å². The van der Waals surface area contributed by atoms with E-state index >= 15 is 0 Å². The molecule has 3 aromatic rings. The van der Waals surface area contributed by atoms with Crippen LogP contribution >= 0.6 is 11.8 Å². The van der Waals surface area contributed by atoms with Gasteiger partial charge in [0.1, 0.15) is 10.9 Å². The summed E-state index contributed by atoms with van der Waals surface area (Å²) in [4.78, 5) is 7.28. The number of aryl methyl sites for hydroxylation is 2. The molecular formula is C22H19BF4S2. The molecule has 1 aliphatic carbocycles. The quantitative estimate of drug-likeness (QED) is 0.171. The zero-order valence-corrected chi connectivity index (χ0v) is 17.2. The molecule has 0 unspecified atom stereocenters. The average molecular weight is 434 g/mol. The van der Waals surface area contributed by atoms with Gasteiger partial charge in [-0.2, -0.15) is 0 Å². The molecule has 150 valence electrons. The van der Waals surface area contributed by atoms with Crippen molar-refractivity contribution in [3.8, 4) is 0 Å². The third kappa shape index (κ3) is 4.84. The topological polar surface area (TPSA) is 0 Å². The highest BCUT2D eigenvalue weighted by molar-refractivity contribution is 8.04. The summed E-state index contributed by atoms with van der Waals surface area (Å²) in [6.07, 6.45) is 5.19. The Labute approximate surface area is 175 Å². The lowest BCUT2D eigenvalue weighted by Gasteiger charge is -2.20. The van der Waals surface area contributed by atoms with Crippen LogP contribution in [0.1, 0.15) is 24.0 Å². The van der Waals surface area contributed by atoms with Gasteiger partial charge in [-0.05, 0) is 73.2 Å². The van der Waals surface area contributed by atoms with Gasteiger partial charge in [-0.3, -0.25) is 0 Å². The Balaban J connectivity index is 0.000000369. The standard InChI is InChI=1S/C22H19S2.BF4/c1-2-8-17-15-18(14-13-16(17)7-1)24-21-11-5-3-9-19(21)23-20-10-4-6-12-22(20)24;2-1(3,4)5/h3-6,9-15H,1-2,7-8H2;/q+1;-1. The van der Waals surface area contributed by atoms with Gasteiger partial charge in [0.15, 0.2) is 14.7 Å². The van der Waals surface area contributed by atoms with Crippen molar-refractivity contribution in [1.29, 1.82) is 0 Å². The van der Waals surface area contributed by atoms with E-state index in [1.165, 1.54) is 50.2 Å². The lowest BCUT2D eigenvalue weighted by atomic mass is 9.92. The first-order chi connectivity index (χ1) is 13.9. The van der Waals surface area contributed by atoms with E-state index in [9.17, 15) is 17.3 Å². The van der Waals surface area contributed by atoms with Gasteiger partial charge in [0, 0.05) is 0 Å². The largest absolute Gasteiger partial charge is 0.673 e. The molecule has 29 heavy (non-hydrogen) atoms. The van der Waals surface area contributed by atoms with Crippen LogP contribution in [0.5, 0.6) is 0 Å². The Morgan fingerprint density at radius 1 is 0.690 bits per heavy atom. The Kier molecular flexibility index (Phi) is 5.97. The van der Waals surface area contributed by atoms with Crippen LogP contribution in [0.2, 0.25) is 0 Å². The predicted molar refractivity (Wildman–Crippen MR) is 112 cm³/mol. The van der Waals surface area contributed by atoms with Crippen molar-refractivity contribution in [1.82, 2.24) is 0 Å². The molecule has 0 saturated heterocycles. The highest BCUT2D eigenvalue weighted by Gasteiger charge is 2.38. The third-order valence-electron chi connectivity index (χ3n) is 4.91. The fourth-order valence-corrected chi connectivity index (χ4v) is 7.53. The van der Waals surface area contributed by atoms with Crippen LogP contribution in [0.15, 0.2) is 91.2 Å². The summed E-state index contributed by atoms with van der Waals surface area (Å²) in [6, 6.07) is 25.2. The SMILES string of the molecule is F[B-](F)(F)F.c1ccc2c(c1)Sc1ccccc1[S+]2c1ccc2c(c1)CCCC2. The lowest BCUT2D eigenvalue weighted by Crippen LogP contribution is -2.12. The Hall–Kier alpha value is -1.86. The van der Waals surface area contributed by atoms with E-state index in [4.69, 9.17) is 0 Å². The Bertz CT molecular complexity index is 968. The van der Waals surface area contributed by atoms with Crippen molar-refractivity contribution < 1.29 is 17.3 Å². The van der Waals surface area contributed by atoms with Gasteiger partial charge in [0.2, 0.25) is 0 Å². The predicted octanol–water partition coefficient (Wildman–Crippen LogP) is 7.43. The average Bonchev–Trinajstić information content (AvgIpc) is 2.70. The Morgan fingerprint density at radius 3 is 1.79 bits per heavy atom. The van der Waals surface area contributed by atoms with Gasteiger partial charge in [-0.25, -0.2) is 0 Å². The molecular weight excluding hydrogens is 415 g/mol. The van der Waals surface area contributed by atoms with Crippen molar-refractivity contribution in [3.63, 3.8) is 0 Å². The molecule has 0 atom stereocenters. The van der Waals surface area contributed by atoms with E-state index < -0.39 is 7.25 Å². The maximum atomic E-state index is 9.75. The van der Waals surface area contributed by atoms with Gasteiger partial charge in [-0.15, -0.1) is 0 Å². The summed E-state index contributed by atoms with van der Waals surface area (Å²) < 4.78 is 39.0. The number of rotatable bonds is 1. The smallest absolute Gasteiger partial charge is 0.418 e. The van der Waals surface area contributed by atoms with Gasteiger partial charge in [0.05, 0.1) is 9.79 Å². The van der Waals surface area contributed by atoms with E-state index in [0.29, 0.717) is 0 Å². The van der Waals surface area contributed by atoms with Crippen LogP contribution in [0.25, 0.3) is 0 Å². The second-order valence-corrected chi connectivity index (χ2v) is 9.98. The van der Waals surface area contributed by atoms with E-state index in [0.717, 1.165) is 0 Å². The zero-order chi connectivity index (χ0) is 20.4. The minimum atomic E-state index is -6.00. The summed E-state index contributed by atoms with van der Waals surface area (Å²) in [5.41, 5.74) is 3.15. The van der Waals surface area contributed by atoms with Crippen LogP contribution < -0.4 is 0 Å². The van der Waals surface area contributed by atoms with Crippen LogP contribution in [-0.4, -0.2) is 7.25 Å².